The third-order valence-electron chi connectivity index (χ3n) is 7.39. The summed E-state index contributed by atoms with van der Waals surface area (Å²) in [5.74, 6) is 0.442. The number of benzene rings is 2. The summed E-state index contributed by atoms with van der Waals surface area (Å²) in [6.45, 7) is 4.55. The summed E-state index contributed by atoms with van der Waals surface area (Å²) in [6.07, 6.45) is 0.701. The van der Waals surface area contributed by atoms with Crippen LogP contribution >= 0.6 is 35.0 Å². The fraction of sp³-hybridized carbons (Fsp3) is 0.500. The lowest BCUT2D eigenvalue weighted by atomic mass is 10.1. The van der Waals surface area contributed by atoms with Gasteiger partial charge in [0.05, 0.1) is 39.8 Å². The number of methoxy groups -OCH3 is 3. The highest BCUT2D eigenvalue weighted by molar-refractivity contribution is 8.01. The van der Waals surface area contributed by atoms with Crippen LogP contribution in [0.4, 0.5) is 0 Å². The van der Waals surface area contributed by atoms with Gasteiger partial charge in [-0.05, 0) is 37.2 Å². The van der Waals surface area contributed by atoms with Gasteiger partial charge in [0.15, 0.2) is 11.5 Å². The van der Waals surface area contributed by atoms with Crippen LogP contribution in [-0.4, -0.2) is 100 Å². The van der Waals surface area contributed by atoms with Crippen LogP contribution in [0, 0.1) is 0 Å². The normalized spacial score (nSPS) is 18.7. The molecule has 3 amide bonds. The van der Waals surface area contributed by atoms with Crippen molar-refractivity contribution in [3.63, 3.8) is 0 Å². The van der Waals surface area contributed by atoms with Crippen LogP contribution in [0.5, 0.6) is 17.2 Å². The van der Waals surface area contributed by atoms with Gasteiger partial charge in [-0.15, -0.1) is 11.8 Å². The SMILES string of the molecule is COc1ccc(CNC(=O)C[C@H]2S[C@H](c3ccc(Cl)cc3Cl)N(CC(=O)NCCCN3CCOCC3)C2=O)c(OC)c1OC. The van der Waals surface area contributed by atoms with Gasteiger partial charge in [0.1, 0.15) is 11.9 Å². The molecule has 2 atom stereocenters. The molecule has 0 bridgehead atoms. The Morgan fingerprint density at radius 1 is 1.00 bits per heavy atom. The van der Waals surface area contributed by atoms with E-state index >= 15 is 0 Å². The van der Waals surface area contributed by atoms with Crippen LogP contribution in [0.2, 0.25) is 10.0 Å². The molecule has 2 aromatic rings. The Hall–Kier alpha value is -2.90. The van der Waals surface area contributed by atoms with Gasteiger partial charge in [0.2, 0.25) is 23.5 Å². The molecule has 0 saturated carbocycles. The molecule has 44 heavy (non-hydrogen) atoms. The first-order valence-electron chi connectivity index (χ1n) is 14.3. The second kappa shape index (κ2) is 16.4. The number of hydrogen-bond donors (Lipinski definition) is 2. The number of thioether (sulfide) groups is 1. The van der Waals surface area contributed by atoms with Gasteiger partial charge in [0, 0.05) is 53.8 Å². The predicted octanol–water partition coefficient (Wildman–Crippen LogP) is 3.51. The standard InChI is InChI=1S/C30H38Cl2N4O7S/c1-40-23-8-5-19(27(41-2)28(23)42-3)17-34-25(37)16-24-29(39)36(30(44-24)21-7-6-20(31)15-22(21)32)18-26(38)33-9-4-10-35-11-13-43-14-12-35/h5-8,15,24,30H,4,9-14,16-18H2,1-3H3,(H,33,38)(H,34,37)/t24-,30-/m1/s1. The van der Waals surface area contributed by atoms with E-state index in [9.17, 15) is 14.4 Å². The third kappa shape index (κ3) is 8.63. The second-order valence-electron chi connectivity index (χ2n) is 10.2. The second-order valence-corrected chi connectivity index (χ2v) is 12.4. The number of nitrogens with zero attached hydrogens (tertiary/aromatic N) is 2. The van der Waals surface area contributed by atoms with Crippen molar-refractivity contribution in [1.29, 1.82) is 0 Å². The van der Waals surface area contributed by atoms with Crippen LogP contribution in [0.25, 0.3) is 0 Å². The first-order valence-corrected chi connectivity index (χ1v) is 16.0. The van der Waals surface area contributed by atoms with Gasteiger partial charge in [-0.1, -0.05) is 29.3 Å². The predicted molar refractivity (Wildman–Crippen MR) is 170 cm³/mol. The molecule has 2 aliphatic rings. The maximum absolute atomic E-state index is 13.6. The van der Waals surface area contributed by atoms with Crippen LogP contribution in [0.3, 0.4) is 0 Å². The summed E-state index contributed by atoms with van der Waals surface area (Å²) < 4.78 is 21.6. The molecular weight excluding hydrogens is 631 g/mol. The zero-order valence-corrected chi connectivity index (χ0v) is 27.4. The Labute approximate surface area is 271 Å². The quantitative estimate of drug-likeness (QED) is 0.292. The van der Waals surface area contributed by atoms with Crippen molar-refractivity contribution in [1.82, 2.24) is 20.4 Å². The van der Waals surface area contributed by atoms with Crippen molar-refractivity contribution in [2.24, 2.45) is 0 Å². The molecule has 2 saturated heterocycles. The minimum Gasteiger partial charge on any atom is -0.493 e. The molecule has 0 aromatic heterocycles. The van der Waals surface area contributed by atoms with Gasteiger partial charge in [-0.3, -0.25) is 19.3 Å². The Kier molecular flexibility index (Phi) is 12.7. The Bertz CT molecular complexity index is 1330. The molecule has 0 unspecified atom stereocenters. The van der Waals surface area contributed by atoms with Gasteiger partial charge < -0.3 is 34.5 Å². The number of ether oxygens (including phenoxy) is 4. The maximum Gasteiger partial charge on any atom is 0.239 e. The first kappa shape index (κ1) is 34.0. The number of nitrogens with one attached hydrogen (secondary N) is 2. The molecule has 0 spiro atoms. The van der Waals surface area contributed by atoms with Crippen molar-refractivity contribution >= 4 is 52.7 Å². The highest BCUT2D eigenvalue weighted by atomic mass is 35.5. The lowest BCUT2D eigenvalue weighted by Crippen LogP contribution is -2.42. The van der Waals surface area contributed by atoms with Crippen LogP contribution < -0.4 is 24.8 Å². The van der Waals surface area contributed by atoms with Crippen molar-refractivity contribution in [3.05, 3.63) is 51.5 Å². The highest BCUT2D eigenvalue weighted by Gasteiger charge is 2.43. The van der Waals surface area contributed by atoms with E-state index < -0.39 is 10.6 Å². The number of carbonyl (C=O) groups excluding carboxylic acids is 3. The lowest BCUT2D eigenvalue weighted by molar-refractivity contribution is -0.136. The Morgan fingerprint density at radius 2 is 1.75 bits per heavy atom. The summed E-state index contributed by atoms with van der Waals surface area (Å²) in [4.78, 5) is 43.4. The molecule has 2 N–H and O–H groups in total. The summed E-state index contributed by atoms with van der Waals surface area (Å²) in [6, 6.07) is 8.54. The summed E-state index contributed by atoms with van der Waals surface area (Å²) in [7, 11) is 4.54. The van der Waals surface area contributed by atoms with E-state index in [1.165, 1.54) is 38.0 Å². The highest BCUT2D eigenvalue weighted by Crippen LogP contribution is 2.46. The third-order valence-corrected chi connectivity index (χ3v) is 9.41. The molecule has 2 aromatic carbocycles. The molecule has 2 fully saturated rings. The van der Waals surface area contributed by atoms with E-state index in [4.69, 9.17) is 42.1 Å². The van der Waals surface area contributed by atoms with E-state index in [-0.39, 0.29) is 37.2 Å². The molecule has 0 aliphatic carbocycles. The van der Waals surface area contributed by atoms with E-state index in [1.807, 2.05) is 0 Å². The van der Waals surface area contributed by atoms with Gasteiger partial charge in [-0.2, -0.15) is 0 Å². The zero-order chi connectivity index (χ0) is 31.6. The van der Waals surface area contributed by atoms with E-state index in [0.29, 0.717) is 45.0 Å². The van der Waals surface area contributed by atoms with Crippen molar-refractivity contribution in [3.8, 4) is 17.2 Å². The summed E-state index contributed by atoms with van der Waals surface area (Å²) in [5, 5.41) is 5.35. The number of hydrogen-bond acceptors (Lipinski definition) is 9. The maximum atomic E-state index is 13.6. The van der Waals surface area contributed by atoms with Gasteiger partial charge in [0.25, 0.3) is 0 Å². The first-order chi connectivity index (χ1) is 21.2. The topological polar surface area (TPSA) is 119 Å². The van der Waals surface area contributed by atoms with Gasteiger partial charge >= 0.3 is 0 Å². The molecule has 2 aliphatic heterocycles. The lowest BCUT2D eigenvalue weighted by Gasteiger charge is -2.26. The van der Waals surface area contributed by atoms with Crippen molar-refractivity contribution in [2.45, 2.75) is 30.0 Å². The van der Waals surface area contributed by atoms with Crippen LogP contribution in [0.15, 0.2) is 30.3 Å². The number of rotatable bonds is 14. The summed E-state index contributed by atoms with van der Waals surface area (Å²) in [5.41, 5.74) is 1.33. The fourth-order valence-corrected chi connectivity index (χ4v) is 7.19. The molecule has 11 nitrogen and oxygen atoms in total. The molecule has 4 rings (SSSR count). The van der Waals surface area contributed by atoms with Crippen LogP contribution in [0.1, 0.15) is 29.3 Å². The molecular formula is C30H38Cl2N4O7S. The van der Waals surface area contributed by atoms with E-state index in [1.54, 1.807) is 30.3 Å². The Balaban J connectivity index is 1.39. The largest absolute Gasteiger partial charge is 0.493 e. The number of halogens is 2. The summed E-state index contributed by atoms with van der Waals surface area (Å²) >= 11 is 13.9. The average Bonchev–Trinajstić information content (AvgIpc) is 3.31. The molecule has 240 valence electrons. The number of morpholine rings is 1. The molecule has 14 heteroatoms. The van der Waals surface area contributed by atoms with E-state index in [0.717, 1.165) is 39.3 Å². The number of amides is 3. The van der Waals surface area contributed by atoms with E-state index in [2.05, 4.69) is 15.5 Å². The van der Waals surface area contributed by atoms with Crippen molar-refractivity contribution < 1.29 is 33.3 Å². The minimum atomic E-state index is -0.715. The minimum absolute atomic E-state index is 0.0848. The average molecular weight is 670 g/mol. The Morgan fingerprint density at radius 3 is 2.43 bits per heavy atom. The van der Waals surface area contributed by atoms with Gasteiger partial charge in [-0.25, -0.2) is 0 Å². The van der Waals surface area contributed by atoms with Crippen molar-refractivity contribution in [2.75, 3.05) is 67.3 Å². The van der Waals surface area contributed by atoms with Crippen LogP contribution in [-0.2, 0) is 25.7 Å². The smallest absolute Gasteiger partial charge is 0.239 e. The number of carbonyl (C=O) groups is 3. The zero-order valence-electron chi connectivity index (χ0n) is 25.0. The monoisotopic (exact) mass is 668 g/mol. The fourth-order valence-electron chi connectivity index (χ4n) is 5.13. The molecule has 2 heterocycles. The molecule has 0 radical (unpaired) electrons.